The van der Waals surface area contributed by atoms with Gasteiger partial charge in [0.05, 0.1) is 25.2 Å². The molecule has 1 aliphatic heterocycles. The number of likely N-dealkylation sites (tertiary alicyclic amines) is 1. The van der Waals surface area contributed by atoms with Gasteiger partial charge in [0.15, 0.2) is 0 Å². The van der Waals surface area contributed by atoms with E-state index in [1.54, 1.807) is 19.2 Å². The molecule has 0 amide bonds. The van der Waals surface area contributed by atoms with Gasteiger partial charge in [0.2, 0.25) is 0 Å². The Bertz CT molecular complexity index is 381. The summed E-state index contributed by atoms with van der Waals surface area (Å²) in [4.78, 5) is 0. The van der Waals surface area contributed by atoms with E-state index in [1.165, 1.54) is 6.07 Å². The van der Waals surface area contributed by atoms with E-state index in [4.69, 9.17) is 11.6 Å². The summed E-state index contributed by atoms with van der Waals surface area (Å²) in [6.07, 6.45) is 0.849. The van der Waals surface area contributed by atoms with E-state index >= 15 is 0 Å². The van der Waals surface area contributed by atoms with Crippen LogP contribution in [0.15, 0.2) is 18.2 Å². The zero-order chi connectivity index (χ0) is 11.1. The largest absolute Gasteiger partial charge is 0.633 e. The first kappa shape index (κ1) is 10.9. The van der Waals surface area contributed by atoms with Crippen molar-refractivity contribution < 1.29 is 9.04 Å². The fourth-order valence-electron chi connectivity index (χ4n) is 2.12. The van der Waals surface area contributed by atoms with Gasteiger partial charge in [-0.05, 0) is 17.7 Å². The highest BCUT2D eigenvalue weighted by molar-refractivity contribution is 6.30. The Kier molecular flexibility index (Phi) is 2.71. The number of hydroxylamine groups is 3. The molecule has 4 heteroatoms. The minimum atomic E-state index is -0.405. The number of hydrogen-bond acceptors (Lipinski definition) is 1. The van der Waals surface area contributed by atoms with Crippen molar-refractivity contribution in [3.8, 4) is 0 Å². The summed E-state index contributed by atoms with van der Waals surface area (Å²) in [5.41, 5.74) is 0.971. The number of hydrogen-bond donors (Lipinski definition) is 0. The zero-order valence-corrected chi connectivity index (χ0v) is 9.30. The molecule has 0 N–H and O–H groups in total. The van der Waals surface area contributed by atoms with E-state index in [9.17, 15) is 9.60 Å². The van der Waals surface area contributed by atoms with Gasteiger partial charge in [-0.1, -0.05) is 17.7 Å². The van der Waals surface area contributed by atoms with Gasteiger partial charge in [-0.25, -0.2) is 4.39 Å². The van der Waals surface area contributed by atoms with Crippen LogP contribution in [-0.2, 0) is 0 Å². The topological polar surface area (TPSA) is 23.1 Å². The number of nitrogens with zero attached hydrogens (tertiary/aromatic N) is 1. The molecule has 1 aromatic carbocycles. The Labute approximate surface area is 93.4 Å². The minimum Gasteiger partial charge on any atom is -0.633 e. The maximum atomic E-state index is 12.9. The van der Waals surface area contributed by atoms with E-state index in [-0.39, 0.29) is 15.6 Å². The molecular weight excluding hydrogens is 217 g/mol. The van der Waals surface area contributed by atoms with Crippen molar-refractivity contribution in [1.82, 2.24) is 0 Å². The molecule has 0 radical (unpaired) electrons. The SMILES string of the molecule is C[N+]1([O-])CCC(c2ccc(F)c(Cl)c2)C1. The normalized spacial score (nSPS) is 30.8. The van der Waals surface area contributed by atoms with E-state index in [0.29, 0.717) is 13.1 Å². The van der Waals surface area contributed by atoms with E-state index < -0.39 is 5.82 Å². The minimum absolute atomic E-state index is 0.138. The maximum Gasteiger partial charge on any atom is 0.141 e. The molecule has 2 rings (SSSR count). The molecule has 2 nitrogen and oxygen atoms in total. The molecule has 0 aliphatic carbocycles. The second-order valence-electron chi connectivity index (χ2n) is 4.36. The van der Waals surface area contributed by atoms with Gasteiger partial charge >= 0.3 is 0 Å². The van der Waals surface area contributed by atoms with Crippen molar-refractivity contribution in [3.05, 3.63) is 39.8 Å². The van der Waals surface area contributed by atoms with Crippen LogP contribution in [0.1, 0.15) is 17.9 Å². The van der Waals surface area contributed by atoms with Gasteiger partial charge in [-0.15, -0.1) is 0 Å². The number of benzene rings is 1. The lowest BCUT2D eigenvalue weighted by Crippen LogP contribution is -2.33. The first-order chi connectivity index (χ1) is 6.98. The van der Waals surface area contributed by atoms with Crippen molar-refractivity contribution in [2.24, 2.45) is 0 Å². The Hall–Kier alpha value is -0.640. The zero-order valence-electron chi connectivity index (χ0n) is 8.54. The first-order valence-electron chi connectivity index (χ1n) is 4.98. The van der Waals surface area contributed by atoms with Crippen molar-refractivity contribution in [3.63, 3.8) is 0 Å². The maximum absolute atomic E-state index is 12.9. The fraction of sp³-hybridized carbons (Fsp3) is 0.455. The van der Waals surface area contributed by atoms with Crippen molar-refractivity contribution in [2.45, 2.75) is 12.3 Å². The van der Waals surface area contributed by atoms with Gasteiger partial charge in [-0.2, -0.15) is 0 Å². The molecule has 1 fully saturated rings. The average Bonchev–Trinajstić information content (AvgIpc) is 2.51. The van der Waals surface area contributed by atoms with E-state index in [1.807, 2.05) is 0 Å². The highest BCUT2D eigenvalue weighted by atomic mass is 35.5. The third kappa shape index (κ3) is 2.30. The number of halogens is 2. The van der Waals surface area contributed by atoms with Crippen molar-refractivity contribution in [1.29, 1.82) is 0 Å². The van der Waals surface area contributed by atoms with Gasteiger partial charge < -0.3 is 9.85 Å². The Morgan fingerprint density at radius 2 is 2.27 bits per heavy atom. The highest BCUT2D eigenvalue weighted by Crippen LogP contribution is 2.32. The quantitative estimate of drug-likeness (QED) is 0.536. The lowest BCUT2D eigenvalue weighted by Gasteiger charge is -2.33. The lowest BCUT2D eigenvalue weighted by molar-refractivity contribution is -0.848. The molecule has 15 heavy (non-hydrogen) atoms. The summed E-state index contributed by atoms with van der Waals surface area (Å²) in [5.74, 6) is -0.191. The van der Waals surface area contributed by atoms with Crippen LogP contribution >= 0.6 is 11.6 Å². The molecule has 0 saturated carbocycles. The summed E-state index contributed by atoms with van der Waals surface area (Å²) in [7, 11) is 1.67. The molecule has 0 bridgehead atoms. The molecule has 2 unspecified atom stereocenters. The molecule has 2 atom stereocenters. The fourth-order valence-corrected chi connectivity index (χ4v) is 2.31. The van der Waals surface area contributed by atoms with Crippen LogP contribution in [-0.4, -0.2) is 24.8 Å². The van der Waals surface area contributed by atoms with Crippen molar-refractivity contribution in [2.75, 3.05) is 20.1 Å². The van der Waals surface area contributed by atoms with Gasteiger partial charge in [0.25, 0.3) is 0 Å². The molecule has 1 aliphatic rings. The smallest absolute Gasteiger partial charge is 0.141 e. The summed E-state index contributed by atoms with van der Waals surface area (Å²) in [6, 6.07) is 4.72. The van der Waals surface area contributed by atoms with Crippen LogP contribution in [0.2, 0.25) is 5.02 Å². The Morgan fingerprint density at radius 1 is 1.53 bits per heavy atom. The lowest BCUT2D eigenvalue weighted by atomic mass is 9.98. The summed E-state index contributed by atoms with van der Waals surface area (Å²) >= 11 is 5.71. The van der Waals surface area contributed by atoms with Crippen LogP contribution in [0.25, 0.3) is 0 Å². The predicted molar refractivity (Wildman–Crippen MR) is 58.1 cm³/mol. The Morgan fingerprint density at radius 3 is 2.80 bits per heavy atom. The van der Waals surface area contributed by atoms with Crippen LogP contribution < -0.4 is 0 Å². The van der Waals surface area contributed by atoms with Crippen LogP contribution in [0.4, 0.5) is 4.39 Å². The standard InChI is InChI=1S/C11H13ClFNO/c1-14(15)5-4-9(7-14)8-2-3-11(13)10(12)6-8/h2-3,6,9H,4-5,7H2,1H3. The highest BCUT2D eigenvalue weighted by Gasteiger charge is 2.29. The number of rotatable bonds is 1. The predicted octanol–water partition coefficient (Wildman–Crippen LogP) is 2.91. The van der Waals surface area contributed by atoms with Crippen LogP contribution in [0.5, 0.6) is 0 Å². The third-order valence-corrected chi connectivity index (χ3v) is 3.26. The first-order valence-corrected chi connectivity index (χ1v) is 5.36. The second-order valence-corrected chi connectivity index (χ2v) is 4.77. The molecule has 1 aromatic rings. The van der Waals surface area contributed by atoms with Crippen molar-refractivity contribution >= 4 is 11.6 Å². The average molecular weight is 230 g/mol. The molecule has 0 spiro atoms. The molecule has 1 heterocycles. The van der Waals surface area contributed by atoms with Gasteiger partial charge in [0, 0.05) is 12.3 Å². The summed E-state index contributed by atoms with van der Waals surface area (Å²) < 4.78 is 12.7. The molecule has 82 valence electrons. The van der Waals surface area contributed by atoms with Gasteiger partial charge in [-0.3, -0.25) is 0 Å². The second kappa shape index (κ2) is 3.74. The van der Waals surface area contributed by atoms with E-state index in [2.05, 4.69) is 0 Å². The number of quaternary nitrogens is 1. The molecule has 1 saturated heterocycles. The van der Waals surface area contributed by atoms with Gasteiger partial charge in [0.1, 0.15) is 5.82 Å². The van der Waals surface area contributed by atoms with E-state index in [0.717, 1.165) is 12.0 Å². The molecule has 0 aromatic heterocycles. The monoisotopic (exact) mass is 229 g/mol. The summed E-state index contributed by atoms with van der Waals surface area (Å²) in [5, 5.41) is 11.8. The Balaban J connectivity index is 2.21. The summed E-state index contributed by atoms with van der Waals surface area (Å²) in [6.45, 7) is 1.18. The van der Waals surface area contributed by atoms with Crippen LogP contribution in [0, 0.1) is 11.0 Å². The molecular formula is C11H13ClFNO. The number of likely N-dealkylation sites (N-methyl/N-ethyl adjacent to an activating group) is 1. The van der Waals surface area contributed by atoms with Crippen LogP contribution in [0.3, 0.4) is 0 Å². The third-order valence-electron chi connectivity index (χ3n) is 2.97.